The van der Waals surface area contributed by atoms with Gasteiger partial charge in [-0.3, -0.25) is 4.79 Å². The normalized spacial score (nSPS) is 10.8. The maximum Gasteiger partial charge on any atom is 0.240 e. The maximum absolute atomic E-state index is 13.0. The fourth-order valence-electron chi connectivity index (χ4n) is 2.53. The summed E-state index contributed by atoms with van der Waals surface area (Å²) in [4.78, 5) is 16.7. The first-order chi connectivity index (χ1) is 13.5. The van der Waals surface area contributed by atoms with E-state index in [1.165, 1.54) is 23.9 Å². The van der Waals surface area contributed by atoms with Crippen LogP contribution in [0.15, 0.2) is 64.4 Å². The molecule has 0 radical (unpaired) electrons. The molecule has 0 aliphatic heterocycles. The number of hydrogen-bond donors (Lipinski definition) is 2. The molecular weight excluding hydrogens is 445 g/mol. The molecule has 1 amide bonds. The second-order valence-electron chi connectivity index (χ2n) is 6.09. The number of carbonyl (C=O) groups excluding carboxylic acids is 1. The molecule has 2 N–H and O–H groups in total. The van der Waals surface area contributed by atoms with E-state index in [2.05, 4.69) is 26.2 Å². The third-order valence-corrected chi connectivity index (χ3v) is 5.64. The van der Waals surface area contributed by atoms with Gasteiger partial charge in [0.1, 0.15) is 12.4 Å². The highest BCUT2D eigenvalue weighted by atomic mass is 79.9. The van der Waals surface area contributed by atoms with E-state index < -0.39 is 0 Å². The molecule has 8 heteroatoms. The van der Waals surface area contributed by atoms with E-state index in [0.29, 0.717) is 23.1 Å². The molecule has 0 fully saturated rings. The highest BCUT2D eigenvalue weighted by Crippen LogP contribution is 2.24. The SMILES string of the molecule is O=C(Cn1c(CO)cnc1SCc1ccc(Br)cc1)NCc1ccc(F)cc1. The Morgan fingerprint density at radius 3 is 2.50 bits per heavy atom. The van der Waals surface area contributed by atoms with Crippen LogP contribution in [0.3, 0.4) is 0 Å². The number of rotatable bonds is 8. The summed E-state index contributed by atoms with van der Waals surface area (Å²) < 4.78 is 15.7. The van der Waals surface area contributed by atoms with Crippen LogP contribution in [0, 0.1) is 5.82 Å². The summed E-state index contributed by atoms with van der Waals surface area (Å²) in [5.41, 5.74) is 2.52. The van der Waals surface area contributed by atoms with Crippen LogP contribution in [0.5, 0.6) is 0 Å². The zero-order valence-electron chi connectivity index (χ0n) is 14.9. The van der Waals surface area contributed by atoms with Crippen LogP contribution in [0.4, 0.5) is 4.39 Å². The van der Waals surface area contributed by atoms with Crippen LogP contribution >= 0.6 is 27.7 Å². The lowest BCUT2D eigenvalue weighted by molar-refractivity contribution is -0.122. The lowest BCUT2D eigenvalue weighted by Crippen LogP contribution is -2.28. The van der Waals surface area contributed by atoms with E-state index in [-0.39, 0.29) is 24.9 Å². The van der Waals surface area contributed by atoms with E-state index in [1.54, 1.807) is 22.9 Å². The van der Waals surface area contributed by atoms with Gasteiger partial charge in [-0.1, -0.05) is 52.0 Å². The molecule has 0 saturated carbocycles. The third kappa shape index (κ3) is 5.67. The first-order valence-corrected chi connectivity index (χ1v) is 10.4. The molecular formula is C20H19BrFN3O2S. The Bertz CT molecular complexity index is 930. The molecule has 1 heterocycles. The Morgan fingerprint density at radius 1 is 1.14 bits per heavy atom. The number of hydrogen-bond acceptors (Lipinski definition) is 4. The van der Waals surface area contributed by atoms with Gasteiger partial charge in [0, 0.05) is 16.8 Å². The predicted molar refractivity (Wildman–Crippen MR) is 110 cm³/mol. The van der Waals surface area contributed by atoms with Crippen molar-refractivity contribution in [1.82, 2.24) is 14.9 Å². The molecule has 0 unspecified atom stereocenters. The molecule has 5 nitrogen and oxygen atoms in total. The van der Waals surface area contributed by atoms with Gasteiger partial charge in [-0.2, -0.15) is 0 Å². The number of aliphatic hydroxyl groups is 1. The van der Waals surface area contributed by atoms with E-state index in [1.807, 2.05) is 24.3 Å². The first kappa shape index (κ1) is 20.6. The Balaban J connectivity index is 1.61. The number of imidazole rings is 1. The van der Waals surface area contributed by atoms with Gasteiger partial charge in [-0.05, 0) is 35.4 Å². The zero-order chi connectivity index (χ0) is 19.9. The molecule has 3 aromatic rings. The Morgan fingerprint density at radius 2 is 1.82 bits per heavy atom. The van der Waals surface area contributed by atoms with E-state index in [9.17, 15) is 14.3 Å². The summed E-state index contributed by atoms with van der Waals surface area (Å²) in [5, 5.41) is 13.0. The first-order valence-electron chi connectivity index (χ1n) is 8.59. The van der Waals surface area contributed by atoms with E-state index >= 15 is 0 Å². The number of thioether (sulfide) groups is 1. The lowest BCUT2D eigenvalue weighted by atomic mass is 10.2. The van der Waals surface area contributed by atoms with Crippen molar-refractivity contribution >= 4 is 33.6 Å². The molecule has 0 atom stereocenters. The molecule has 3 rings (SSSR count). The predicted octanol–water partition coefficient (Wildman–Crippen LogP) is 3.89. The van der Waals surface area contributed by atoms with Crippen molar-refractivity contribution in [2.24, 2.45) is 0 Å². The molecule has 0 aliphatic rings. The van der Waals surface area contributed by atoms with Crippen LogP contribution in [0.2, 0.25) is 0 Å². The number of aromatic nitrogens is 2. The maximum atomic E-state index is 13.0. The smallest absolute Gasteiger partial charge is 0.240 e. The zero-order valence-corrected chi connectivity index (χ0v) is 17.3. The van der Waals surface area contributed by atoms with Crippen molar-refractivity contribution in [3.63, 3.8) is 0 Å². The fourth-order valence-corrected chi connectivity index (χ4v) is 3.75. The van der Waals surface area contributed by atoms with Crippen molar-refractivity contribution in [2.75, 3.05) is 0 Å². The number of aliphatic hydroxyl groups excluding tert-OH is 1. The van der Waals surface area contributed by atoms with E-state index in [0.717, 1.165) is 15.6 Å². The monoisotopic (exact) mass is 463 g/mol. The second-order valence-corrected chi connectivity index (χ2v) is 7.95. The second kappa shape index (κ2) is 9.86. The van der Waals surface area contributed by atoms with Gasteiger partial charge in [0.25, 0.3) is 0 Å². The Labute approximate surface area is 175 Å². The highest BCUT2D eigenvalue weighted by Gasteiger charge is 2.13. The van der Waals surface area contributed by atoms with Crippen molar-refractivity contribution < 1.29 is 14.3 Å². The average molecular weight is 464 g/mol. The molecule has 0 saturated heterocycles. The van der Waals surface area contributed by atoms with Gasteiger partial charge >= 0.3 is 0 Å². The summed E-state index contributed by atoms with van der Waals surface area (Å²) in [5.74, 6) is 0.183. The molecule has 1 aromatic heterocycles. The minimum Gasteiger partial charge on any atom is -0.390 e. The van der Waals surface area contributed by atoms with Crippen LogP contribution in [0.25, 0.3) is 0 Å². The molecule has 0 spiro atoms. The summed E-state index contributed by atoms with van der Waals surface area (Å²) in [6.45, 7) is 0.167. The fraction of sp³-hybridized carbons (Fsp3) is 0.200. The minimum absolute atomic E-state index is 0.0553. The summed E-state index contributed by atoms with van der Waals surface area (Å²) in [6, 6.07) is 14.0. The third-order valence-electron chi connectivity index (χ3n) is 4.05. The number of nitrogens with zero attached hydrogens (tertiary/aromatic N) is 2. The van der Waals surface area contributed by atoms with Crippen LogP contribution in [-0.2, 0) is 30.2 Å². The van der Waals surface area contributed by atoms with Crippen LogP contribution in [0.1, 0.15) is 16.8 Å². The van der Waals surface area contributed by atoms with Gasteiger partial charge < -0.3 is 15.0 Å². The summed E-state index contributed by atoms with van der Waals surface area (Å²) in [6.07, 6.45) is 1.58. The Hall–Kier alpha value is -2.16. The Kier molecular flexibility index (Phi) is 7.24. The van der Waals surface area contributed by atoms with Crippen molar-refractivity contribution in [3.05, 3.63) is 81.8 Å². The van der Waals surface area contributed by atoms with Gasteiger partial charge in [-0.25, -0.2) is 9.37 Å². The van der Waals surface area contributed by atoms with Gasteiger partial charge in [0.2, 0.25) is 5.91 Å². The molecule has 146 valence electrons. The highest BCUT2D eigenvalue weighted by molar-refractivity contribution is 9.10. The van der Waals surface area contributed by atoms with Crippen molar-refractivity contribution in [3.8, 4) is 0 Å². The number of halogens is 2. The average Bonchev–Trinajstić information content (AvgIpc) is 3.08. The molecule has 0 aliphatic carbocycles. The van der Waals surface area contributed by atoms with Gasteiger partial charge in [-0.15, -0.1) is 0 Å². The van der Waals surface area contributed by atoms with Gasteiger partial charge in [0.15, 0.2) is 5.16 Å². The quantitative estimate of drug-likeness (QED) is 0.497. The van der Waals surface area contributed by atoms with Crippen LogP contribution < -0.4 is 5.32 Å². The number of amides is 1. The minimum atomic E-state index is -0.312. The summed E-state index contributed by atoms with van der Waals surface area (Å²) in [7, 11) is 0. The molecule has 2 aromatic carbocycles. The topological polar surface area (TPSA) is 67.2 Å². The number of benzene rings is 2. The molecule has 28 heavy (non-hydrogen) atoms. The van der Waals surface area contributed by atoms with E-state index in [4.69, 9.17) is 0 Å². The van der Waals surface area contributed by atoms with Crippen molar-refractivity contribution in [2.45, 2.75) is 30.6 Å². The standard InChI is InChI=1S/C20H19BrFN3O2S/c21-16-5-1-15(2-6-16)13-28-20-24-10-18(12-26)25(20)11-19(27)23-9-14-3-7-17(22)8-4-14/h1-8,10,26H,9,11-13H2,(H,23,27). The number of carbonyl (C=O) groups is 1. The molecule has 0 bridgehead atoms. The van der Waals surface area contributed by atoms with Crippen LogP contribution in [-0.4, -0.2) is 20.6 Å². The largest absolute Gasteiger partial charge is 0.390 e. The van der Waals surface area contributed by atoms with Gasteiger partial charge in [0.05, 0.1) is 18.5 Å². The summed E-state index contributed by atoms with van der Waals surface area (Å²) >= 11 is 4.92. The number of nitrogens with one attached hydrogen (secondary N) is 1. The van der Waals surface area contributed by atoms with Crippen molar-refractivity contribution in [1.29, 1.82) is 0 Å². The lowest BCUT2D eigenvalue weighted by Gasteiger charge is -2.11.